The molecule has 3 nitrogen and oxygen atoms in total. The summed E-state index contributed by atoms with van der Waals surface area (Å²) in [5, 5.41) is 3.24. The maximum Gasteiger partial charge on any atom is 0.240 e. The van der Waals surface area contributed by atoms with E-state index in [-0.39, 0.29) is 5.91 Å². The van der Waals surface area contributed by atoms with Gasteiger partial charge in [0.15, 0.2) is 0 Å². The fraction of sp³-hybridized carbons (Fsp3) is 0.938. The van der Waals surface area contributed by atoms with Crippen molar-refractivity contribution in [1.82, 2.24) is 5.32 Å². The van der Waals surface area contributed by atoms with E-state index in [0.717, 1.165) is 32.1 Å². The highest BCUT2D eigenvalue weighted by atomic mass is 16.2. The molecule has 3 unspecified atom stereocenters. The number of hydrogen-bond acceptors (Lipinski definition) is 2. The molecule has 2 fully saturated rings. The smallest absolute Gasteiger partial charge is 0.240 e. The molecule has 1 amide bonds. The lowest BCUT2D eigenvalue weighted by atomic mass is 9.74. The first-order valence-corrected chi connectivity index (χ1v) is 7.91. The molecule has 0 radical (unpaired) electrons. The highest BCUT2D eigenvalue weighted by molar-refractivity contribution is 5.86. The lowest BCUT2D eigenvalue weighted by Crippen LogP contribution is -2.58. The van der Waals surface area contributed by atoms with Gasteiger partial charge in [0.05, 0.1) is 5.54 Å². The summed E-state index contributed by atoms with van der Waals surface area (Å²) in [6.07, 6.45) is 8.67. The van der Waals surface area contributed by atoms with Crippen LogP contribution in [0.25, 0.3) is 0 Å². The molecule has 0 aromatic rings. The van der Waals surface area contributed by atoms with E-state index in [4.69, 9.17) is 5.73 Å². The van der Waals surface area contributed by atoms with Crippen molar-refractivity contribution in [3.63, 3.8) is 0 Å². The Hall–Kier alpha value is -0.570. The van der Waals surface area contributed by atoms with Gasteiger partial charge in [0, 0.05) is 6.04 Å². The molecule has 2 aliphatic carbocycles. The van der Waals surface area contributed by atoms with E-state index in [1.54, 1.807) is 0 Å². The molecule has 0 bridgehead atoms. The van der Waals surface area contributed by atoms with Crippen LogP contribution in [0.4, 0.5) is 0 Å². The van der Waals surface area contributed by atoms with E-state index in [9.17, 15) is 4.79 Å². The van der Waals surface area contributed by atoms with Crippen molar-refractivity contribution in [2.45, 2.75) is 83.7 Å². The van der Waals surface area contributed by atoms with E-state index >= 15 is 0 Å². The molecule has 0 spiro atoms. The van der Waals surface area contributed by atoms with Crippen LogP contribution in [0.5, 0.6) is 0 Å². The quantitative estimate of drug-likeness (QED) is 0.807. The Morgan fingerprint density at radius 2 is 1.84 bits per heavy atom. The summed E-state index contributed by atoms with van der Waals surface area (Å²) in [5.41, 5.74) is 6.11. The summed E-state index contributed by atoms with van der Waals surface area (Å²) in [6, 6.07) is 0.328. The van der Waals surface area contributed by atoms with Gasteiger partial charge in [0.25, 0.3) is 0 Å². The minimum Gasteiger partial charge on any atom is -0.352 e. The molecule has 110 valence electrons. The number of carbonyl (C=O) groups is 1. The van der Waals surface area contributed by atoms with Gasteiger partial charge in [-0.2, -0.15) is 0 Å². The molecule has 2 saturated carbocycles. The Morgan fingerprint density at radius 3 is 2.47 bits per heavy atom. The molecule has 19 heavy (non-hydrogen) atoms. The lowest BCUT2D eigenvalue weighted by molar-refractivity contribution is -0.129. The second-order valence-electron chi connectivity index (χ2n) is 7.79. The summed E-state index contributed by atoms with van der Waals surface area (Å²) < 4.78 is 0. The molecule has 0 heterocycles. The zero-order valence-electron chi connectivity index (χ0n) is 12.8. The first kappa shape index (κ1) is 14.8. The number of amides is 1. The Morgan fingerprint density at radius 1 is 1.16 bits per heavy atom. The van der Waals surface area contributed by atoms with E-state index < -0.39 is 5.54 Å². The van der Waals surface area contributed by atoms with Gasteiger partial charge < -0.3 is 11.1 Å². The second-order valence-corrected chi connectivity index (χ2v) is 7.79. The summed E-state index contributed by atoms with van der Waals surface area (Å²) in [5.74, 6) is 0.675. The fourth-order valence-corrected chi connectivity index (χ4v) is 3.95. The van der Waals surface area contributed by atoms with Crippen molar-refractivity contribution in [1.29, 1.82) is 0 Å². The summed E-state index contributed by atoms with van der Waals surface area (Å²) in [7, 11) is 0. The zero-order valence-corrected chi connectivity index (χ0v) is 12.8. The molecule has 0 aliphatic heterocycles. The number of rotatable bonds is 2. The highest BCUT2D eigenvalue weighted by Crippen LogP contribution is 2.36. The van der Waals surface area contributed by atoms with Gasteiger partial charge in [-0.15, -0.1) is 0 Å². The van der Waals surface area contributed by atoms with E-state index in [2.05, 4.69) is 26.1 Å². The average Bonchev–Trinajstić information content (AvgIpc) is 2.27. The van der Waals surface area contributed by atoms with E-state index in [1.165, 1.54) is 19.3 Å². The summed E-state index contributed by atoms with van der Waals surface area (Å²) in [6.45, 7) is 6.80. The van der Waals surface area contributed by atoms with Gasteiger partial charge in [-0.05, 0) is 43.4 Å². The van der Waals surface area contributed by atoms with Crippen LogP contribution in [0.15, 0.2) is 0 Å². The predicted octanol–water partition coefficient (Wildman–Crippen LogP) is 2.98. The van der Waals surface area contributed by atoms with Crippen LogP contribution in [0.3, 0.4) is 0 Å². The van der Waals surface area contributed by atoms with E-state index in [0.29, 0.717) is 17.4 Å². The van der Waals surface area contributed by atoms with Crippen molar-refractivity contribution < 1.29 is 4.79 Å². The molecule has 3 heteroatoms. The Kier molecular flexibility index (Phi) is 4.24. The highest BCUT2D eigenvalue weighted by Gasteiger charge is 2.39. The van der Waals surface area contributed by atoms with Crippen LogP contribution < -0.4 is 11.1 Å². The van der Waals surface area contributed by atoms with Crippen molar-refractivity contribution in [2.75, 3.05) is 0 Å². The van der Waals surface area contributed by atoms with E-state index in [1.807, 2.05) is 0 Å². The lowest BCUT2D eigenvalue weighted by Gasteiger charge is -2.39. The van der Waals surface area contributed by atoms with Gasteiger partial charge in [0.1, 0.15) is 0 Å². The molecule has 2 aliphatic rings. The van der Waals surface area contributed by atoms with Crippen molar-refractivity contribution >= 4 is 5.91 Å². The standard InChI is InChI=1S/C16H30N2O/c1-12-6-4-9-16(17,10-12)14(19)18-13-7-5-8-15(2,3)11-13/h12-13H,4-11,17H2,1-3H3,(H,18,19). The van der Waals surface area contributed by atoms with Crippen LogP contribution in [-0.4, -0.2) is 17.5 Å². The summed E-state index contributed by atoms with van der Waals surface area (Å²) in [4.78, 5) is 12.5. The molecule has 3 N–H and O–H groups in total. The minimum absolute atomic E-state index is 0.0988. The van der Waals surface area contributed by atoms with Crippen molar-refractivity contribution in [2.24, 2.45) is 17.1 Å². The van der Waals surface area contributed by atoms with Gasteiger partial charge in [0.2, 0.25) is 5.91 Å². The maximum absolute atomic E-state index is 12.5. The third-order valence-corrected chi connectivity index (χ3v) is 5.03. The molecule has 0 aromatic heterocycles. The number of carbonyl (C=O) groups excluding carboxylic acids is 1. The molecular weight excluding hydrogens is 236 g/mol. The molecule has 3 atom stereocenters. The van der Waals surface area contributed by atoms with Gasteiger partial charge in [-0.3, -0.25) is 4.79 Å². The van der Waals surface area contributed by atoms with Crippen LogP contribution in [-0.2, 0) is 4.79 Å². The number of nitrogens with two attached hydrogens (primary N) is 1. The number of hydrogen-bond donors (Lipinski definition) is 2. The zero-order chi connectivity index (χ0) is 14.1. The van der Waals surface area contributed by atoms with Crippen LogP contribution in [0.1, 0.15) is 72.1 Å². The SMILES string of the molecule is CC1CCCC(N)(C(=O)NC2CCCC(C)(C)C2)C1. The third kappa shape index (κ3) is 3.71. The summed E-state index contributed by atoms with van der Waals surface area (Å²) >= 11 is 0. The first-order chi connectivity index (χ1) is 8.81. The number of nitrogens with one attached hydrogen (secondary N) is 1. The average molecular weight is 266 g/mol. The van der Waals surface area contributed by atoms with Gasteiger partial charge in [-0.1, -0.05) is 40.0 Å². The predicted molar refractivity (Wildman–Crippen MR) is 78.7 cm³/mol. The van der Waals surface area contributed by atoms with Crippen molar-refractivity contribution in [3.05, 3.63) is 0 Å². The third-order valence-electron chi connectivity index (χ3n) is 5.03. The minimum atomic E-state index is -0.612. The van der Waals surface area contributed by atoms with Gasteiger partial charge >= 0.3 is 0 Å². The Bertz CT molecular complexity index is 340. The molecule has 2 rings (SSSR count). The first-order valence-electron chi connectivity index (χ1n) is 7.91. The Labute approximate surface area is 117 Å². The fourth-order valence-electron chi connectivity index (χ4n) is 3.95. The second kappa shape index (κ2) is 5.43. The topological polar surface area (TPSA) is 55.1 Å². The molecular formula is C16H30N2O. The normalized spacial score (nSPS) is 38.7. The maximum atomic E-state index is 12.5. The van der Waals surface area contributed by atoms with Crippen LogP contribution >= 0.6 is 0 Å². The Balaban J connectivity index is 1.93. The van der Waals surface area contributed by atoms with Gasteiger partial charge in [-0.25, -0.2) is 0 Å². The monoisotopic (exact) mass is 266 g/mol. The van der Waals surface area contributed by atoms with Crippen LogP contribution in [0.2, 0.25) is 0 Å². The molecule has 0 aromatic carbocycles. The largest absolute Gasteiger partial charge is 0.352 e. The van der Waals surface area contributed by atoms with Crippen molar-refractivity contribution in [3.8, 4) is 0 Å². The molecule has 0 saturated heterocycles. The van der Waals surface area contributed by atoms with Crippen LogP contribution in [0, 0.1) is 11.3 Å².